The monoisotopic (exact) mass is 424 g/mol. The lowest BCUT2D eigenvalue weighted by molar-refractivity contribution is 0.216. The fourth-order valence-corrected chi connectivity index (χ4v) is 4.23. The normalized spacial score (nSPS) is 18.5. The number of guanidine groups is 1. The van der Waals surface area contributed by atoms with E-state index in [1.807, 2.05) is 6.92 Å². The predicted octanol–water partition coefficient (Wildman–Crippen LogP) is 0.264. The Bertz CT molecular complexity index is 689. The van der Waals surface area contributed by atoms with Gasteiger partial charge in [-0.15, -0.1) is 0 Å². The molecule has 1 aliphatic rings. The minimum atomic E-state index is -3.19. The molecule has 0 unspecified atom stereocenters. The van der Waals surface area contributed by atoms with Gasteiger partial charge in [-0.05, 0) is 40.5 Å². The Morgan fingerprint density at radius 2 is 1.70 bits per heavy atom. The highest BCUT2D eigenvalue weighted by molar-refractivity contribution is 7.92. The third-order valence-electron chi connectivity index (χ3n) is 4.61. The molecule has 0 atom stereocenters. The first-order chi connectivity index (χ1) is 12.3. The van der Waals surface area contributed by atoms with E-state index in [4.69, 9.17) is 0 Å². The van der Waals surface area contributed by atoms with Gasteiger partial charge in [0.05, 0.1) is 22.8 Å². The molecule has 1 aliphatic heterocycles. The molecule has 2 N–H and O–H groups in total. The van der Waals surface area contributed by atoms with Crippen molar-refractivity contribution in [3.8, 4) is 0 Å². The second-order valence-corrected chi connectivity index (χ2v) is 13.2. The Balaban J connectivity index is 2.51. The van der Waals surface area contributed by atoms with Crippen molar-refractivity contribution in [3.63, 3.8) is 0 Å². The van der Waals surface area contributed by atoms with E-state index in [0.29, 0.717) is 19.0 Å². The van der Waals surface area contributed by atoms with Gasteiger partial charge in [0, 0.05) is 38.5 Å². The number of hydrogen-bond donors (Lipinski definition) is 2. The molecular weight excluding hydrogens is 388 g/mol. The van der Waals surface area contributed by atoms with Gasteiger partial charge < -0.3 is 15.5 Å². The number of hydrogen-bond acceptors (Lipinski definition) is 6. The van der Waals surface area contributed by atoms with E-state index in [1.165, 1.54) is 6.26 Å². The van der Waals surface area contributed by atoms with Crippen molar-refractivity contribution in [1.29, 1.82) is 0 Å². The summed E-state index contributed by atoms with van der Waals surface area (Å²) in [5, 5.41) is 6.54. The Hall–Kier alpha value is -0.870. The maximum Gasteiger partial charge on any atom is 0.191 e. The highest BCUT2D eigenvalue weighted by Crippen LogP contribution is 2.15. The molecule has 160 valence electrons. The SMILES string of the molecule is CCNC(=NCCS(=O)(=O)C(C)(C)C)NC1CCN(CCS(C)(=O)=O)CC1. The molecule has 0 bridgehead atoms. The molecule has 0 amide bonds. The topological polar surface area (TPSA) is 108 Å². The van der Waals surface area contributed by atoms with Gasteiger partial charge in [-0.25, -0.2) is 16.8 Å². The Morgan fingerprint density at radius 3 is 2.19 bits per heavy atom. The predicted molar refractivity (Wildman–Crippen MR) is 112 cm³/mol. The number of rotatable bonds is 8. The third kappa shape index (κ3) is 9.25. The lowest BCUT2D eigenvalue weighted by Gasteiger charge is -2.32. The van der Waals surface area contributed by atoms with Crippen molar-refractivity contribution in [2.24, 2.45) is 4.99 Å². The average Bonchev–Trinajstić information content (AvgIpc) is 2.52. The summed E-state index contributed by atoms with van der Waals surface area (Å²) < 4.78 is 46.2. The van der Waals surface area contributed by atoms with Crippen LogP contribution in [0.2, 0.25) is 0 Å². The molecule has 0 aromatic carbocycles. The van der Waals surface area contributed by atoms with Gasteiger partial charge in [0.1, 0.15) is 9.84 Å². The first kappa shape index (κ1) is 24.2. The maximum atomic E-state index is 12.2. The van der Waals surface area contributed by atoms with E-state index < -0.39 is 24.4 Å². The molecule has 10 heteroatoms. The van der Waals surface area contributed by atoms with Crippen molar-refractivity contribution < 1.29 is 16.8 Å². The number of nitrogens with one attached hydrogen (secondary N) is 2. The van der Waals surface area contributed by atoms with Gasteiger partial charge >= 0.3 is 0 Å². The fraction of sp³-hybridized carbons (Fsp3) is 0.941. The van der Waals surface area contributed by atoms with Gasteiger partial charge in [-0.2, -0.15) is 0 Å². The van der Waals surface area contributed by atoms with Crippen LogP contribution in [0, 0.1) is 0 Å². The molecule has 8 nitrogen and oxygen atoms in total. The van der Waals surface area contributed by atoms with Gasteiger partial charge in [-0.1, -0.05) is 0 Å². The zero-order valence-electron chi connectivity index (χ0n) is 17.3. The summed E-state index contributed by atoms with van der Waals surface area (Å²) in [6.07, 6.45) is 3.06. The molecule has 27 heavy (non-hydrogen) atoms. The van der Waals surface area contributed by atoms with Crippen molar-refractivity contribution in [2.75, 3.05) is 50.5 Å². The first-order valence-electron chi connectivity index (χ1n) is 9.51. The highest BCUT2D eigenvalue weighted by atomic mass is 32.2. The number of aliphatic imine (C=N–C) groups is 1. The van der Waals surface area contributed by atoms with E-state index in [9.17, 15) is 16.8 Å². The van der Waals surface area contributed by atoms with Crippen molar-refractivity contribution in [2.45, 2.75) is 51.3 Å². The summed E-state index contributed by atoms with van der Waals surface area (Å²) in [4.78, 5) is 6.58. The molecule has 0 radical (unpaired) electrons. The van der Waals surface area contributed by atoms with E-state index in [1.54, 1.807) is 20.8 Å². The van der Waals surface area contributed by atoms with Crippen LogP contribution in [0.1, 0.15) is 40.5 Å². The second kappa shape index (κ2) is 10.1. The van der Waals surface area contributed by atoms with Crippen LogP contribution in [0.5, 0.6) is 0 Å². The molecule has 1 heterocycles. The molecular formula is C17H36N4O4S2. The molecule has 1 fully saturated rings. The third-order valence-corrected chi connectivity index (χ3v) is 8.12. The summed E-state index contributed by atoms with van der Waals surface area (Å²) in [7, 11) is -6.12. The van der Waals surface area contributed by atoms with Crippen molar-refractivity contribution in [1.82, 2.24) is 15.5 Å². The van der Waals surface area contributed by atoms with Crippen LogP contribution < -0.4 is 10.6 Å². The zero-order chi connectivity index (χ0) is 20.7. The van der Waals surface area contributed by atoms with Crippen LogP contribution in [0.25, 0.3) is 0 Å². The molecule has 1 rings (SSSR count). The fourth-order valence-electron chi connectivity index (χ4n) is 2.69. The Kier molecular flexibility index (Phi) is 9.01. The molecule has 0 aromatic rings. The van der Waals surface area contributed by atoms with Gasteiger partial charge in [-0.3, -0.25) is 4.99 Å². The number of piperidine rings is 1. The minimum Gasteiger partial charge on any atom is -0.357 e. The summed E-state index contributed by atoms with van der Waals surface area (Å²) >= 11 is 0. The zero-order valence-corrected chi connectivity index (χ0v) is 18.9. The largest absolute Gasteiger partial charge is 0.357 e. The highest BCUT2D eigenvalue weighted by Gasteiger charge is 2.28. The lowest BCUT2D eigenvalue weighted by atomic mass is 10.1. The lowest BCUT2D eigenvalue weighted by Crippen LogP contribution is -2.49. The van der Waals surface area contributed by atoms with Gasteiger partial charge in [0.2, 0.25) is 0 Å². The first-order valence-corrected chi connectivity index (χ1v) is 13.2. The number of sulfone groups is 2. The van der Waals surface area contributed by atoms with E-state index >= 15 is 0 Å². The van der Waals surface area contributed by atoms with Crippen LogP contribution >= 0.6 is 0 Å². The summed E-state index contributed by atoms with van der Waals surface area (Å²) in [5.41, 5.74) is 0. The van der Waals surface area contributed by atoms with Crippen LogP contribution in [0.15, 0.2) is 4.99 Å². The summed E-state index contributed by atoms with van der Waals surface area (Å²) in [6, 6.07) is 0.247. The van der Waals surface area contributed by atoms with Crippen LogP contribution in [-0.2, 0) is 19.7 Å². The molecule has 0 aromatic heterocycles. The van der Waals surface area contributed by atoms with Crippen LogP contribution in [0.4, 0.5) is 0 Å². The van der Waals surface area contributed by atoms with E-state index in [2.05, 4.69) is 20.5 Å². The van der Waals surface area contributed by atoms with E-state index in [-0.39, 0.29) is 24.1 Å². The Morgan fingerprint density at radius 1 is 1.11 bits per heavy atom. The average molecular weight is 425 g/mol. The second-order valence-electron chi connectivity index (χ2n) is 8.08. The van der Waals surface area contributed by atoms with Crippen LogP contribution in [0.3, 0.4) is 0 Å². The molecule has 0 saturated carbocycles. The summed E-state index contributed by atoms with van der Waals surface area (Å²) in [6.45, 7) is 10.2. The van der Waals surface area contributed by atoms with Gasteiger partial charge in [0.25, 0.3) is 0 Å². The standard InChI is InChI=1S/C17H36N4O4S2/c1-6-18-16(19-9-13-27(24,25)17(2,3)4)20-15-7-10-21(11-8-15)12-14-26(5,22)23/h15H,6-14H2,1-5H3,(H2,18,19,20). The molecule has 0 aliphatic carbocycles. The molecule has 1 saturated heterocycles. The number of likely N-dealkylation sites (tertiary alicyclic amines) is 1. The summed E-state index contributed by atoms with van der Waals surface area (Å²) in [5.74, 6) is 0.852. The minimum absolute atomic E-state index is 0.0248. The van der Waals surface area contributed by atoms with Crippen LogP contribution in [-0.4, -0.2) is 89.0 Å². The maximum absolute atomic E-state index is 12.2. The van der Waals surface area contributed by atoms with Crippen molar-refractivity contribution in [3.05, 3.63) is 0 Å². The smallest absolute Gasteiger partial charge is 0.191 e. The van der Waals surface area contributed by atoms with E-state index in [0.717, 1.165) is 25.9 Å². The quantitative estimate of drug-likeness (QED) is 0.425. The van der Waals surface area contributed by atoms with Gasteiger partial charge in [0.15, 0.2) is 15.8 Å². The number of nitrogens with zero attached hydrogens (tertiary/aromatic N) is 2. The Labute approximate surface area is 165 Å². The molecule has 0 spiro atoms. The van der Waals surface area contributed by atoms with Crippen molar-refractivity contribution >= 4 is 25.6 Å².